The Morgan fingerprint density at radius 3 is 2.75 bits per heavy atom. The van der Waals surface area contributed by atoms with Crippen LogP contribution in [0.3, 0.4) is 0 Å². The van der Waals surface area contributed by atoms with E-state index in [0.717, 1.165) is 24.4 Å². The first-order valence-corrected chi connectivity index (χ1v) is 8.24. The molecule has 3 rings (SSSR count). The molecule has 1 amide bonds. The summed E-state index contributed by atoms with van der Waals surface area (Å²) < 4.78 is 146. The highest BCUT2D eigenvalue weighted by Crippen LogP contribution is 2.27. The lowest BCUT2D eigenvalue weighted by atomic mass is 9.92. The number of hydrogen-bond donors (Lipinski definition) is 1. The number of halogens is 3. The Bertz CT molecular complexity index is 1360. The van der Waals surface area contributed by atoms with E-state index in [0.29, 0.717) is 12.1 Å². The molecule has 150 valence electrons. The van der Waals surface area contributed by atoms with Crippen LogP contribution in [-0.2, 0) is 12.9 Å². The van der Waals surface area contributed by atoms with E-state index in [2.05, 4.69) is 4.98 Å². The number of benzene rings is 1. The van der Waals surface area contributed by atoms with Crippen LogP contribution in [0.4, 0.5) is 8.78 Å². The Hall–Kier alpha value is -2.05. The minimum Gasteiger partial charge on any atom is -0.338 e. The van der Waals surface area contributed by atoms with Crippen LogP contribution in [-0.4, -0.2) is 41.0 Å². The van der Waals surface area contributed by atoms with Crippen LogP contribution in [0.2, 0.25) is 5.02 Å². The molecule has 28 heavy (non-hydrogen) atoms. The third-order valence-corrected chi connectivity index (χ3v) is 3.82. The lowest BCUT2D eigenvalue weighted by molar-refractivity contribution is 0.0434. The number of carbonyl (C=O) groups is 1. The number of carbonyl (C=O) groups excluding carboxylic acids is 1. The second-order valence-corrected chi connectivity index (χ2v) is 5.87. The van der Waals surface area contributed by atoms with Crippen molar-refractivity contribution in [3.05, 3.63) is 64.2 Å². The molecular weight excluding hydrogens is 384 g/mol. The number of amides is 1. The molecule has 0 spiro atoms. The van der Waals surface area contributed by atoms with Crippen molar-refractivity contribution >= 4 is 17.5 Å². The lowest BCUT2D eigenvalue weighted by Gasteiger charge is -2.36. The van der Waals surface area contributed by atoms with Crippen molar-refractivity contribution in [1.29, 1.82) is 0 Å². The van der Waals surface area contributed by atoms with Crippen LogP contribution >= 0.6 is 11.6 Å². The molecule has 1 saturated heterocycles. The zero-order valence-corrected chi connectivity index (χ0v) is 15.2. The van der Waals surface area contributed by atoms with Crippen molar-refractivity contribution in [2.75, 3.05) is 19.5 Å². The minimum absolute atomic E-state index is 0.0134. The molecule has 0 bridgehead atoms. The summed E-state index contributed by atoms with van der Waals surface area (Å²) >= 11 is 5.64. The van der Waals surface area contributed by atoms with Gasteiger partial charge in [-0.1, -0.05) is 24.6 Å². The Balaban J connectivity index is 2.16. The van der Waals surface area contributed by atoms with Crippen LogP contribution in [0.15, 0.2) is 36.5 Å². The van der Waals surface area contributed by atoms with Gasteiger partial charge in [-0.25, -0.2) is 8.78 Å². The maximum absolute atomic E-state index is 17.0. The molecule has 1 aliphatic heterocycles. The second kappa shape index (κ2) is 8.97. The minimum atomic E-state index is -4.91. The summed E-state index contributed by atoms with van der Waals surface area (Å²) in [7, 11) is 0. The van der Waals surface area contributed by atoms with Crippen molar-refractivity contribution in [3.8, 4) is 0 Å². The second-order valence-electron chi connectivity index (χ2n) is 5.46. The highest BCUT2D eigenvalue weighted by Gasteiger charge is 2.35. The number of hydrogen-bond acceptors (Lipinski definition) is 3. The third kappa shape index (κ3) is 5.06. The Labute approximate surface area is 188 Å². The fourth-order valence-corrected chi connectivity index (χ4v) is 2.23. The van der Waals surface area contributed by atoms with Gasteiger partial charge in [0.1, 0.15) is 11.5 Å². The van der Waals surface area contributed by atoms with E-state index in [1.807, 2.05) is 0 Å². The number of pyridine rings is 1. The molecule has 0 atom stereocenters. The molecule has 1 fully saturated rings. The number of alkyl halides is 1. The predicted octanol–water partition coefficient (Wildman–Crippen LogP) is 4.17. The molecule has 7 heteroatoms. The van der Waals surface area contributed by atoms with Crippen molar-refractivity contribution < 1.29 is 32.8 Å². The fraction of sp³-hybridized carbons (Fsp3) is 0.429. The highest BCUT2D eigenvalue weighted by atomic mass is 35.5. The summed E-state index contributed by atoms with van der Waals surface area (Å²) in [5.74, 6) is -2.80. The van der Waals surface area contributed by atoms with E-state index in [4.69, 9.17) is 30.8 Å². The lowest BCUT2D eigenvalue weighted by Crippen LogP contribution is -2.48. The molecule has 0 saturated carbocycles. The fourth-order valence-electron chi connectivity index (χ4n) is 2.04. The Kier molecular flexibility index (Phi) is 2.94. The summed E-state index contributed by atoms with van der Waals surface area (Å²) in [6.07, 6.45) is -9.90. The van der Waals surface area contributed by atoms with Crippen LogP contribution in [0, 0.1) is 5.82 Å². The van der Waals surface area contributed by atoms with Crippen molar-refractivity contribution in [3.63, 3.8) is 0 Å². The first kappa shape index (κ1) is 9.18. The molecule has 0 aliphatic carbocycles. The average Bonchev–Trinajstić information content (AvgIpc) is 2.82. The molecule has 0 unspecified atom stereocenters. The molecule has 2 aromatic rings. The van der Waals surface area contributed by atoms with Crippen LogP contribution in [0.5, 0.6) is 0 Å². The van der Waals surface area contributed by atoms with Gasteiger partial charge >= 0.3 is 0 Å². The van der Waals surface area contributed by atoms with Gasteiger partial charge in [0.2, 0.25) is 0 Å². The van der Waals surface area contributed by atoms with E-state index in [-0.39, 0.29) is 5.56 Å². The number of aromatic nitrogens is 1. The quantitative estimate of drug-likeness (QED) is 0.761. The van der Waals surface area contributed by atoms with Gasteiger partial charge in [0, 0.05) is 69.7 Å². The molecule has 0 radical (unpaired) electrons. The third-order valence-electron chi connectivity index (χ3n) is 3.53. The molecule has 2 heterocycles. The van der Waals surface area contributed by atoms with Gasteiger partial charge in [0.05, 0.1) is 10.7 Å². The Morgan fingerprint density at radius 2 is 2.14 bits per heavy atom. The van der Waals surface area contributed by atoms with Crippen molar-refractivity contribution in [2.24, 2.45) is 0 Å². The van der Waals surface area contributed by atoms with Crippen LogP contribution < -0.4 is 5.32 Å². The van der Waals surface area contributed by atoms with Gasteiger partial charge in [-0.05, 0) is 36.2 Å². The number of aryl methyl sites for hydroxylation is 1. The summed E-state index contributed by atoms with van der Waals surface area (Å²) in [5, 5.41) is 0.777. The number of nitrogens with zero attached hydrogens (tertiary/aromatic N) is 2. The number of likely N-dealkylation sites (tertiary alicyclic amines) is 1. The van der Waals surface area contributed by atoms with E-state index < -0.39 is 83.7 Å². The Morgan fingerprint density at radius 1 is 1.39 bits per heavy atom. The average molecular weight is 422 g/mol. The smallest absolute Gasteiger partial charge is 0.253 e. The summed E-state index contributed by atoms with van der Waals surface area (Å²) in [6.45, 7) is -14.7. The van der Waals surface area contributed by atoms with Gasteiger partial charge in [-0.15, -0.1) is 0 Å². The topological polar surface area (TPSA) is 45.2 Å². The normalized spacial score (nSPS) is 32.4. The van der Waals surface area contributed by atoms with Crippen molar-refractivity contribution in [1.82, 2.24) is 15.2 Å². The van der Waals surface area contributed by atoms with E-state index in [1.165, 1.54) is 12.2 Å². The monoisotopic (exact) mass is 421 g/mol. The first-order chi connectivity index (χ1) is 18.6. The predicted molar refractivity (Wildman–Crippen MR) is 106 cm³/mol. The molecule has 1 aromatic carbocycles. The van der Waals surface area contributed by atoms with Crippen LogP contribution in [0.25, 0.3) is 0 Å². The SMILES string of the molecule is [2H]C([2H])(C)c1ccc(C([2H])([2H])NC([2H])([2H])C2(F)C([2H])([2H])C([2H])([2H])N(C(=O)c3ccc(F)c(Cl)c3)C([2H])([2H])C2([2H])[2H])nc1. The molecular formula is C21H24ClF2N3O. The van der Waals surface area contributed by atoms with Crippen LogP contribution in [0.1, 0.15) is 60.5 Å². The van der Waals surface area contributed by atoms with E-state index in [1.54, 1.807) is 0 Å². The highest BCUT2D eigenvalue weighted by molar-refractivity contribution is 6.31. The molecule has 1 aliphatic rings. The van der Waals surface area contributed by atoms with E-state index in [9.17, 15) is 9.18 Å². The van der Waals surface area contributed by atoms with Gasteiger partial charge < -0.3 is 10.2 Å². The first-order valence-electron chi connectivity index (χ1n) is 14.9. The van der Waals surface area contributed by atoms with Crippen molar-refractivity contribution in [2.45, 2.75) is 38.2 Å². The van der Waals surface area contributed by atoms with Gasteiger partial charge in [-0.3, -0.25) is 9.78 Å². The maximum Gasteiger partial charge on any atom is 0.253 e. The molecule has 1 N–H and O–H groups in total. The van der Waals surface area contributed by atoms with Gasteiger partial charge in [0.25, 0.3) is 5.91 Å². The van der Waals surface area contributed by atoms with E-state index >= 15 is 4.39 Å². The molecule has 4 nitrogen and oxygen atoms in total. The summed E-state index contributed by atoms with van der Waals surface area (Å²) in [4.78, 5) is 16.3. The zero-order chi connectivity index (χ0) is 32.7. The standard InChI is InChI=1S/C21H24ClF2N3O/c1-2-15-3-5-17(26-12-15)13-25-14-21(24)7-9-27(10-8-21)20(28)16-4-6-19(23)18(22)11-16/h3-6,11-12,25H,2,7-10,13-14H2,1H3/i2D2,7D2,8D2,9D2,10D2,13D2,14D2. The number of rotatable bonds is 6. The number of nitrogens with one attached hydrogen (secondary N) is 1. The zero-order valence-electron chi connectivity index (χ0n) is 28.4. The van der Waals surface area contributed by atoms with Gasteiger partial charge in [-0.2, -0.15) is 0 Å². The van der Waals surface area contributed by atoms with Gasteiger partial charge in [0.15, 0.2) is 0 Å². The molecule has 1 aromatic heterocycles. The largest absolute Gasteiger partial charge is 0.338 e. The number of piperidine rings is 1. The maximum atomic E-state index is 17.0. The summed E-state index contributed by atoms with van der Waals surface area (Å²) in [5.41, 5.74) is -6.34. The summed E-state index contributed by atoms with van der Waals surface area (Å²) in [6, 6.07) is 3.99.